The van der Waals surface area contributed by atoms with Gasteiger partial charge in [0.05, 0.1) is 24.4 Å². The minimum Gasteiger partial charge on any atom is -0.368 e. The molecule has 1 atom stereocenters. The van der Waals surface area contributed by atoms with Gasteiger partial charge >= 0.3 is 6.18 Å². The molecule has 1 amide bonds. The van der Waals surface area contributed by atoms with E-state index in [1.165, 1.54) is 6.20 Å². The van der Waals surface area contributed by atoms with E-state index < -0.39 is 24.7 Å². The third-order valence-corrected chi connectivity index (χ3v) is 3.80. The Kier molecular flexibility index (Phi) is 4.58. The third kappa shape index (κ3) is 3.71. The molecule has 0 radical (unpaired) electrons. The number of nitrogens with two attached hydrogens (primary N) is 1. The lowest BCUT2D eigenvalue weighted by atomic mass is 10.1. The van der Waals surface area contributed by atoms with Gasteiger partial charge < -0.3 is 15.4 Å². The minimum atomic E-state index is -4.53. The van der Waals surface area contributed by atoms with Crippen molar-refractivity contribution < 1.29 is 22.7 Å². The lowest BCUT2D eigenvalue weighted by Gasteiger charge is -2.34. The number of halogens is 3. The Labute approximate surface area is 141 Å². The summed E-state index contributed by atoms with van der Waals surface area (Å²) >= 11 is 0. The smallest absolute Gasteiger partial charge is 0.368 e. The largest absolute Gasteiger partial charge is 0.416 e. The van der Waals surface area contributed by atoms with Gasteiger partial charge in [0.25, 0.3) is 5.91 Å². The Hall–Kier alpha value is -2.68. The Bertz CT molecular complexity index is 768. The molecule has 2 heterocycles. The maximum absolute atomic E-state index is 12.9. The van der Waals surface area contributed by atoms with Crippen molar-refractivity contribution in [2.24, 2.45) is 0 Å². The van der Waals surface area contributed by atoms with Gasteiger partial charge in [0.2, 0.25) is 5.95 Å². The van der Waals surface area contributed by atoms with Crippen molar-refractivity contribution in [1.29, 1.82) is 0 Å². The summed E-state index contributed by atoms with van der Waals surface area (Å²) in [6.07, 6.45) is -5.29. The number of morpholine rings is 1. The molecule has 1 fully saturated rings. The van der Waals surface area contributed by atoms with Gasteiger partial charge in [-0.05, 0) is 0 Å². The van der Waals surface area contributed by atoms with E-state index in [0.717, 1.165) is 4.90 Å². The summed E-state index contributed by atoms with van der Waals surface area (Å²) in [5.74, 6) is -0.609. The summed E-state index contributed by atoms with van der Waals surface area (Å²) in [4.78, 5) is 21.8. The summed E-state index contributed by atoms with van der Waals surface area (Å²) in [6, 6.07) is 8.78. The number of benzene rings is 1. The fourth-order valence-corrected chi connectivity index (χ4v) is 2.57. The highest BCUT2D eigenvalue weighted by atomic mass is 19.4. The van der Waals surface area contributed by atoms with Crippen LogP contribution in [0.15, 0.2) is 36.5 Å². The van der Waals surface area contributed by atoms with Crippen LogP contribution >= 0.6 is 0 Å². The minimum absolute atomic E-state index is 0.0226. The summed E-state index contributed by atoms with van der Waals surface area (Å²) in [5.41, 5.74) is 6.62. The summed E-state index contributed by atoms with van der Waals surface area (Å²) in [5, 5.41) is 0. The Morgan fingerprint density at radius 1 is 1.28 bits per heavy atom. The van der Waals surface area contributed by atoms with Gasteiger partial charge in [-0.2, -0.15) is 13.2 Å². The predicted octanol–water partition coefficient (Wildman–Crippen LogP) is 2.13. The van der Waals surface area contributed by atoms with Crippen LogP contribution < -0.4 is 5.73 Å². The average molecular weight is 352 g/mol. The van der Waals surface area contributed by atoms with Gasteiger partial charge in [0, 0.05) is 18.3 Å². The molecule has 0 unspecified atom stereocenters. The maximum atomic E-state index is 12.9. The Balaban J connectivity index is 1.93. The molecule has 1 saturated heterocycles. The quantitative estimate of drug-likeness (QED) is 0.895. The van der Waals surface area contributed by atoms with Crippen LogP contribution in [0.4, 0.5) is 19.1 Å². The van der Waals surface area contributed by atoms with Crippen molar-refractivity contribution >= 4 is 11.9 Å². The van der Waals surface area contributed by atoms with Crippen LogP contribution in [0.5, 0.6) is 0 Å². The second kappa shape index (κ2) is 6.67. The van der Waals surface area contributed by atoms with Gasteiger partial charge in [-0.15, -0.1) is 0 Å². The fraction of sp³-hybridized carbons (Fsp3) is 0.312. The Morgan fingerprint density at radius 2 is 2.00 bits per heavy atom. The van der Waals surface area contributed by atoms with E-state index >= 15 is 0 Å². The number of nitrogen functional groups attached to an aromatic ring is 1. The van der Waals surface area contributed by atoms with Crippen LogP contribution in [0.25, 0.3) is 11.3 Å². The van der Waals surface area contributed by atoms with Crippen LogP contribution in [-0.4, -0.2) is 52.8 Å². The third-order valence-electron chi connectivity index (χ3n) is 3.80. The number of hydrogen-bond acceptors (Lipinski definition) is 5. The van der Waals surface area contributed by atoms with Crippen molar-refractivity contribution in [2.45, 2.75) is 12.3 Å². The standard InChI is InChI=1S/C16H15F3N4O2/c17-16(18,19)12-9-23(6-7-25-12)14(24)11-8-21-15(20)22-13(11)10-4-2-1-3-5-10/h1-5,8,12H,6-7,9H2,(H2,20,21,22)/t12-/m0/s1. The zero-order chi connectivity index (χ0) is 18.0. The van der Waals surface area contributed by atoms with Gasteiger partial charge in [0.1, 0.15) is 0 Å². The van der Waals surface area contributed by atoms with Crippen molar-refractivity contribution in [1.82, 2.24) is 14.9 Å². The van der Waals surface area contributed by atoms with E-state index in [1.54, 1.807) is 30.3 Å². The zero-order valence-corrected chi connectivity index (χ0v) is 13.0. The van der Waals surface area contributed by atoms with Crippen LogP contribution in [-0.2, 0) is 4.74 Å². The summed E-state index contributed by atoms with van der Waals surface area (Å²) in [6.45, 7) is -0.697. The monoisotopic (exact) mass is 352 g/mol. The van der Waals surface area contributed by atoms with Crippen LogP contribution in [0.2, 0.25) is 0 Å². The Morgan fingerprint density at radius 3 is 2.68 bits per heavy atom. The fourth-order valence-electron chi connectivity index (χ4n) is 2.57. The first-order valence-electron chi connectivity index (χ1n) is 7.52. The number of ether oxygens (including phenoxy) is 1. The molecule has 1 aliphatic heterocycles. The maximum Gasteiger partial charge on any atom is 0.416 e. The zero-order valence-electron chi connectivity index (χ0n) is 13.0. The normalized spacial score (nSPS) is 18.2. The molecule has 9 heteroatoms. The van der Waals surface area contributed by atoms with E-state index in [2.05, 4.69) is 9.97 Å². The van der Waals surface area contributed by atoms with Crippen LogP contribution in [0.3, 0.4) is 0 Å². The molecule has 0 aliphatic carbocycles. The van der Waals surface area contributed by atoms with E-state index in [-0.39, 0.29) is 30.4 Å². The molecule has 132 valence electrons. The number of amides is 1. The van der Waals surface area contributed by atoms with Crippen LogP contribution in [0, 0.1) is 0 Å². The van der Waals surface area contributed by atoms with E-state index in [0.29, 0.717) is 5.56 Å². The molecular formula is C16H15F3N4O2. The lowest BCUT2D eigenvalue weighted by Crippen LogP contribution is -2.51. The van der Waals surface area contributed by atoms with Crippen molar-refractivity contribution in [3.05, 3.63) is 42.1 Å². The number of alkyl halides is 3. The van der Waals surface area contributed by atoms with Crippen LogP contribution in [0.1, 0.15) is 10.4 Å². The highest BCUT2D eigenvalue weighted by Crippen LogP contribution is 2.28. The van der Waals surface area contributed by atoms with Crippen molar-refractivity contribution in [3.63, 3.8) is 0 Å². The van der Waals surface area contributed by atoms with E-state index in [1.807, 2.05) is 0 Å². The second-order valence-corrected chi connectivity index (χ2v) is 5.51. The van der Waals surface area contributed by atoms with E-state index in [4.69, 9.17) is 10.5 Å². The first kappa shape index (κ1) is 17.2. The SMILES string of the molecule is Nc1ncc(C(=O)N2CCO[C@H](C(F)(F)F)C2)c(-c2ccccc2)n1. The molecule has 1 aliphatic rings. The van der Waals surface area contributed by atoms with Crippen molar-refractivity contribution in [3.8, 4) is 11.3 Å². The molecule has 0 saturated carbocycles. The molecule has 1 aromatic heterocycles. The predicted molar refractivity (Wildman–Crippen MR) is 83.6 cm³/mol. The second-order valence-electron chi connectivity index (χ2n) is 5.51. The molecule has 0 bridgehead atoms. The number of anilines is 1. The molecule has 3 rings (SSSR count). The number of aromatic nitrogens is 2. The summed E-state index contributed by atoms with van der Waals surface area (Å²) < 4.78 is 43.3. The average Bonchev–Trinajstić information content (AvgIpc) is 2.61. The lowest BCUT2D eigenvalue weighted by molar-refractivity contribution is -0.233. The number of carbonyl (C=O) groups excluding carboxylic acids is 1. The molecule has 6 nitrogen and oxygen atoms in total. The first-order valence-corrected chi connectivity index (χ1v) is 7.52. The van der Waals surface area contributed by atoms with Gasteiger partial charge in [0.15, 0.2) is 6.10 Å². The summed E-state index contributed by atoms with van der Waals surface area (Å²) in [7, 11) is 0. The van der Waals surface area contributed by atoms with Crippen molar-refractivity contribution in [2.75, 3.05) is 25.4 Å². The molecule has 2 aromatic rings. The topological polar surface area (TPSA) is 81.3 Å². The number of nitrogens with zero attached hydrogens (tertiary/aromatic N) is 3. The number of rotatable bonds is 2. The van der Waals surface area contributed by atoms with Gasteiger partial charge in [-0.25, -0.2) is 9.97 Å². The van der Waals surface area contributed by atoms with Gasteiger partial charge in [-0.1, -0.05) is 30.3 Å². The number of carbonyl (C=O) groups is 1. The highest BCUT2D eigenvalue weighted by molar-refractivity contribution is 5.99. The molecule has 0 spiro atoms. The van der Waals surface area contributed by atoms with E-state index in [9.17, 15) is 18.0 Å². The molecule has 25 heavy (non-hydrogen) atoms. The molecular weight excluding hydrogens is 337 g/mol. The number of hydrogen-bond donors (Lipinski definition) is 1. The first-order chi connectivity index (χ1) is 11.9. The molecule has 1 aromatic carbocycles. The van der Waals surface area contributed by atoms with Gasteiger partial charge in [-0.3, -0.25) is 4.79 Å². The molecule has 2 N–H and O–H groups in total. The highest BCUT2D eigenvalue weighted by Gasteiger charge is 2.44.